The predicted molar refractivity (Wildman–Crippen MR) is 101 cm³/mol. The van der Waals surface area contributed by atoms with Crippen molar-refractivity contribution in [3.05, 3.63) is 33.9 Å². The van der Waals surface area contributed by atoms with Crippen LogP contribution >= 0.6 is 0 Å². The number of nitrogens with zero attached hydrogens (tertiary/aromatic N) is 2. The van der Waals surface area contributed by atoms with Gasteiger partial charge in [-0.05, 0) is 38.8 Å². The average molecular weight is 348 g/mol. The summed E-state index contributed by atoms with van der Waals surface area (Å²) in [4.78, 5) is 22.8. The lowest BCUT2D eigenvalue weighted by atomic mass is 10.1. The summed E-state index contributed by atoms with van der Waals surface area (Å²) in [5.41, 5.74) is 3.82. The normalized spacial score (nSPS) is 11.2. The summed E-state index contributed by atoms with van der Waals surface area (Å²) in [5.74, 6) is -0.448. The molecule has 0 radical (unpaired) electrons. The summed E-state index contributed by atoms with van der Waals surface area (Å²) < 4.78 is 0. The summed E-state index contributed by atoms with van der Waals surface area (Å²) in [6, 6.07) is 4.36. The number of benzene rings is 1. The van der Waals surface area contributed by atoms with E-state index in [0.717, 1.165) is 25.0 Å². The average Bonchev–Trinajstić information content (AvgIpc) is 2.59. The maximum Gasteiger partial charge on any atom is 0.293 e. The van der Waals surface area contributed by atoms with Gasteiger partial charge in [-0.3, -0.25) is 14.9 Å². The van der Waals surface area contributed by atoms with Crippen LogP contribution in [0.15, 0.2) is 23.3 Å². The minimum atomic E-state index is -0.500. The topological polar surface area (TPSA) is 96.6 Å². The molecule has 138 valence electrons. The van der Waals surface area contributed by atoms with E-state index in [1.807, 2.05) is 13.8 Å². The zero-order valence-corrected chi connectivity index (χ0v) is 15.3. The molecule has 1 aromatic rings. The number of hydrazone groups is 1. The molecule has 0 spiro atoms. The molecule has 0 bridgehead atoms. The van der Waals surface area contributed by atoms with E-state index in [1.165, 1.54) is 25.3 Å². The molecule has 1 rings (SSSR count). The largest absolute Gasteiger partial charge is 0.380 e. The first kappa shape index (κ1) is 20.6. The van der Waals surface area contributed by atoms with Crippen LogP contribution in [-0.2, 0) is 0 Å². The van der Waals surface area contributed by atoms with Gasteiger partial charge in [0.15, 0.2) is 0 Å². The highest BCUT2D eigenvalue weighted by Crippen LogP contribution is 2.25. The van der Waals surface area contributed by atoms with E-state index >= 15 is 0 Å². The SMILES string of the molecule is CCCCCCCC(C)=NNC(=O)c1ccc(NCC)c([N+](=O)[O-])c1. The lowest BCUT2D eigenvalue weighted by molar-refractivity contribution is -0.384. The van der Waals surface area contributed by atoms with Gasteiger partial charge in [-0.25, -0.2) is 5.43 Å². The second-order valence-electron chi connectivity index (χ2n) is 5.97. The standard InChI is InChI=1S/C18H28N4O3/c1-4-6-7-8-9-10-14(3)20-21-18(23)15-11-12-16(19-5-2)17(13-15)22(24)25/h11-13,19H,4-10H2,1-3H3,(H,21,23). The molecule has 1 aromatic carbocycles. The molecule has 7 nitrogen and oxygen atoms in total. The van der Waals surface area contributed by atoms with E-state index in [2.05, 4.69) is 22.8 Å². The first-order chi connectivity index (χ1) is 12.0. The third kappa shape index (κ3) is 7.32. The van der Waals surface area contributed by atoms with Gasteiger partial charge in [0.05, 0.1) is 4.92 Å². The first-order valence-corrected chi connectivity index (χ1v) is 8.85. The quantitative estimate of drug-likeness (QED) is 0.266. The molecule has 0 aromatic heterocycles. The summed E-state index contributed by atoms with van der Waals surface area (Å²) in [6.45, 7) is 6.46. The van der Waals surface area contributed by atoms with Crippen LogP contribution in [0.2, 0.25) is 0 Å². The predicted octanol–water partition coefficient (Wildman–Crippen LogP) is 4.49. The lowest BCUT2D eigenvalue weighted by Gasteiger charge is -2.07. The zero-order valence-electron chi connectivity index (χ0n) is 15.3. The fourth-order valence-electron chi connectivity index (χ4n) is 2.41. The maximum atomic E-state index is 12.1. The fourth-order valence-corrected chi connectivity index (χ4v) is 2.41. The molecule has 1 amide bonds. The molecular formula is C18H28N4O3. The monoisotopic (exact) mass is 348 g/mol. The number of nitro groups is 1. The van der Waals surface area contributed by atoms with E-state index in [-0.39, 0.29) is 11.3 Å². The first-order valence-electron chi connectivity index (χ1n) is 8.85. The van der Waals surface area contributed by atoms with Crippen molar-refractivity contribution in [3.63, 3.8) is 0 Å². The summed E-state index contributed by atoms with van der Waals surface area (Å²) >= 11 is 0. The van der Waals surface area contributed by atoms with Gasteiger partial charge in [0.2, 0.25) is 0 Å². The number of carbonyl (C=O) groups excluding carboxylic acids is 1. The third-order valence-corrected chi connectivity index (χ3v) is 3.81. The van der Waals surface area contributed by atoms with Gasteiger partial charge >= 0.3 is 0 Å². The number of amides is 1. The molecule has 0 saturated carbocycles. The van der Waals surface area contributed by atoms with E-state index in [4.69, 9.17) is 0 Å². The lowest BCUT2D eigenvalue weighted by Crippen LogP contribution is -2.19. The Morgan fingerprint density at radius 2 is 1.92 bits per heavy atom. The van der Waals surface area contributed by atoms with Gasteiger partial charge in [-0.2, -0.15) is 5.10 Å². The Labute approximate surface area is 149 Å². The Kier molecular flexibility index (Phi) is 9.21. The van der Waals surface area contributed by atoms with Crippen molar-refractivity contribution in [1.82, 2.24) is 5.43 Å². The van der Waals surface area contributed by atoms with Gasteiger partial charge in [0, 0.05) is 23.9 Å². The van der Waals surface area contributed by atoms with Gasteiger partial charge in [0.25, 0.3) is 11.6 Å². The molecule has 0 aliphatic carbocycles. The third-order valence-electron chi connectivity index (χ3n) is 3.81. The second kappa shape index (κ2) is 11.2. The van der Waals surface area contributed by atoms with Crippen LogP contribution in [0.1, 0.15) is 69.7 Å². The molecule has 0 aliphatic rings. The molecule has 7 heteroatoms. The Morgan fingerprint density at radius 3 is 2.56 bits per heavy atom. The molecule has 0 aliphatic heterocycles. The Morgan fingerprint density at radius 1 is 1.20 bits per heavy atom. The number of hydrogen-bond donors (Lipinski definition) is 2. The molecule has 0 atom stereocenters. The second-order valence-corrected chi connectivity index (χ2v) is 5.97. The van der Waals surface area contributed by atoms with Crippen molar-refractivity contribution in [3.8, 4) is 0 Å². The number of unbranched alkanes of at least 4 members (excludes halogenated alkanes) is 4. The highest BCUT2D eigenvalue weighted by molar-refractivity contribution is 5.96. The van der Waals surface area contributed by atoms with Crippen LogP contribution in [0.4, 0.5) is 11.4 Å². The number of hydrogen-bond acceptors (Lipinski definition) is 5. The van der Waals surface area contributed by atoms with Crippen LogP contribution in [0.5, 0.6) is 0 Å². The van der Waals surface area contributed by atoms with E-state index < -0.39 is 10.8 Å². The smallest absolute Gasteiger partial charge is 0.293 e. The maximum absolute atomic E-state index is 12.1. The summed E-state index contributed by atoms with van der Waals surface area (Å²) in [5, 5.41) is 18.1. The van der Waals surface area contributed by atoms with Gasteiger partial charge in [-0.1, -0.05) is 32.6 Å². The summed E-state index contributed by atoms with van der Waals surface area (Å²) in [7, 11) is 0. The molecular weight excluding hydrogens is 320 g/mol. The number of rotatable bonds is 11. The summed E-state index contributed by atoms with van der Waals surface area (Å²) in [6.07, 6.45) is 6.72. The Hall–Kier alpha value is -2.44. The molecule has 2 N–H and O–H groups in total. The van der Waals surface area contributed by atoms with Crippen molar-refractivity contribution in [1.29, 1.82) is 0 Å². The van der Waals surface area contributed by atoms with Crippen LogP contribution in [-0.4, -0.2) is 23.1 Å². The Bertz CT molecular complexity index is 614. The highest BCUT2D eigenvalue weighted by Gasteiger charge is 2.17. The van der Waals surface area contributed by atoms with Crippen molar-refractivity contribution in [2.75, 3.05) is 11.9 Å². The van der Waals surface area contributed by atoms with Crippen LogP contribution < -0.4 is 10.7 Å². The van der Waals surface area contributed by atoms with Crippen LogP contribution in [0.3, 0.4) is 0 Å². The zero-order chi connectivity index (χ0) is 18.7. The van der Waals surface area contributed by atoms with E-state index in [1.54, 1.807) is 12.1 Å². The van der Waals surface area contributed by atoms with E-state index in [9.17, 15) is 14.9 Å². The molecule has 0 saturated heterocycles. The van der Waals surface area contributed by atoms with Crippen molar-refractivity contribution >= 4 is 23.0 Å². The number of nitrogens with one attached hydrogen (secondary N) is 2. The molecule has 0 heterocycles. The fraction of sp³-hybridized carbons (Fsp3) is 0.556. The van der Waals surface area contributed by atoms with Crippen molar-refractivity contribution in [2.45, 2.75) is 59.3 Å². The number of anilines is 1. The van der Waals surface area contributed by atoms with E-state index in [0.29, 0.717) is 12.2 Å². The molecule has 0 unspecified atom stereocenters. The van der Waals surface area contributed by atoms with Crippen molar-refractivity contribution < 1.29 is 9.72 Å². The van der Waals surface area contributed by atoms with Crippen LogP contribution in [0, 0.1) is 10.1 Å². The van der Waals surface area contributed by atoms with Crippen LogP contribution in [0.25, 0.3) is 0 Å². The molecule has 25 heavy (non-hydrogen) atoms. The van der Waals surface area contributed by atoms with Gasteiger partial charge < -0.3 is 5.32 Å². The number of nitro benzene ring substituents is 1. The van der Waals surface area contributed by atoms with Gasteiger partial charge in [-0.15, -0.1) is 0 Å². The molecule has 0 fully saturated rings. The number of carbonyl (C=O) groups is 1. The van der Waals surface area contributed by atoms with Crippen molar-refractivity contribution in [2.24, 2.45) is 5.10 Å². The Balaban J connectivity index is 2.63. The minimum Gasteiger partial charge on any atom is -0.380 e. The highest BCUT2D eigenvalue weighted by atomic mass is 16.6. The van der Waals surface area contributed by atoms with Gasteiger partial charge in [0.1, 0.15) is 5.69 Å². The minimum absolute atomic E-state index is 0.119.